The first-order chi connectivity index (χ1) is 8.67. The number of aromatic nitrogens is 2. The number of H-pyrrole nitrogens is 1. The van der Waals surface area contributed by atoms with E-state index in [-0.39, 0.29) is 5.91 Å². The smallest absolute Gasteiger partial charge is 0.249 e. The minimum Gasteiger partial charge on any atom is -0.462 e. The molecule has 0 spiro atoms. The number of hydrogen-bond acceptors (Lipinski definition) is 3. The van der Waals surface area contributed by atoms with Crippen LogP contribution < -0.4 is 5.32 Å². The van der Waals surface area contributed by atoms with E-state index in [1.165, 1.54) is 6.08 Å². The zero-order valence-electron chi connectivity index (χ0n) is 10.4. The monoisotopic (exact) mass is 245 g/mol. The average Bonchev–Trinajstić information content (AvgIpc) is 2.95. The van der Waals surface area contributed by atoms with E-state index >= 15 is 0 Å². The van der Waals surface area contributed by atoms with E-state index in [0.29, 0.717) is 11.6 Å². The summed E-state index contributed by atoms with van der Waals surface area (Å²) in [4.78, 5) is 11.6. The van der Waals surface area contributed by atoms with Crippen LogP contribution in [0.1, 0.15) is 24.1 Å². The second-order valence-corrected chi connectivity index (χ2v) is 3.90. The summed E-state index contributed by atoms with van der Waals surface area (Å²) in [5, 5.41) is 9.47. The van der Waals surface area contributed by atoms with Crippen LogP contribution in [0.4, 0.5) is 5.82 Å². The third-order valence-electron chi connectivity index (χ3n) is 2.42. The Labute approximate surface area is 105 Å². The van der Waals surface area contributed by atoms with Crippen molar-refractivity contribution in [2.75, 3.05) is 5.32 Å². The molecular formula is C13H15N3O2. The number of aromatic amines is 1. The normalized spacial score (nSPS) is 11.0. The Morgan fingerprint density at radius 3 is 3.00 bits per heavy atom. The third-order valence-corrected chi connectivity index (χ3v) is 2.42. The van der Waals surface area contributed by atoms with Gasteiger partial charge in [0.1, 0.15) is 11.5 Å². The van der Waals surface area contributed by atoms with Crippen LogP contribution in [0.2, 0.25) is 0 Å². The van der Waals surface area contributed by atoms with Crippen LogP contribution in [-0.2, 0) is 11.2 Å². The lowest BCUT2D eigenvalue weighted by Crippen LogP contribution is -2.07. The van der Waals surface area contributed by atoms with E-state index in [1.807, 2.05) is 32.0 Å². The highest BCUT2D eigenvalue weighted by Gasteiger charge is 2.02. The minimum atomic E-state index is -0.238. The summed E-state index contributed by atoms with van der Waals surface area (Å²) in [6, 6.07) is 5.46. The van der Waals surface area contributed by atoms with Crippen molar-refractivity contribution in [1.29, 1.82) is 0 Å². The molecule has 94 valence electrons. The molecule has 0 aliphatic rings. The van der Waals surface area contributed by atoms with Crippen LogP contribution in [0.15, 0.2) is 28.7 Å². The molecule has 2 heterocycles. The van der Waals surface area contributed by atoms with E-state index in [4.69, 9.17) is 4.42 Å². The number of carbonyl (C=O) groups is 1. The second kappa shape index (κ2) is 5.35. The molecule has 0 unspecified atom stereocenters. The topological polar surface area (TPSA) is 70.9 Å². The highest BCUT2D eigenvalue weighted by atomic mass is 16.3. The fraction of sp³-hybridized carbons (Fsp3) is 0.231. The molecule has 0 bridgehead atoms. The molecule has 0 saturated heterocycles. The van der Waals surface area contributed by atoms with E-state index in [1.54, 1.807) is 6.08 Å². The van der Waals surface area contributed by atoms with Crippen molar-refractivity contribution in [2.45, 2.75) is 20.3 Å². The lowest BCUT2D eigenvalue weighted by atomic mass is 10.3. The summed E-state index contributed by atoms with van der Waals surface area (Å²) < 4.78 is 5.32. The number of rotatable bonds is 4. The maximum absolute atomic E-state index is 11.6. The molecule has 0 fully saturated rings. The van der Waals surface area contributed by atoms with Crippen molar-refractivity contribution in [3.8, 4) is 0 Å². The molecule has 5 heteroatoms. The summed E-state index contributed by atoms with van der Waals surface area (Å²) in [6.07, 6.45) is 3.89. The number of nitrogens with one attached hydrogen (secondary N) is 2. The fourth-order valence-electron chi connectivity index (χ4n) is 1.48. The van der Waals surface area contributed by atoms with Gasteiger partial charge in [-0.2, -0.15) is 5.10 Å². The van der Waals surface area contributed by atoms with Gasteiger partial charge in [-0.05, 0) is 31.6 Å². The molecular weight excluding hydrogens is 230 g/mol. The molecule has 0 aliphatic heterocycles. The quantitative estimate of drug-likeness (QED) is 0.813. The molecule has 2 aromatic heterocycles. The van der Waals surface area contributed by atoms with Gasteiger partial charge in [-0.25, -0.2) is 0 Å². The number of anilines is 1. The summed E-state index contributed by atoms with van der Waals surface area (Å²) in [7, 11) is 0. The summed E-state index contributed by atoms with van der Waals surface area (Å²) in [5.41, 5.74) is 0.982. The minimum absolute atomic E-state index is 0.238. The SMILES string of the molecule is CCc1cc(NC(=O)/C=C/c2ccc(C)o2)n[nH]1. The zero-order valence-corrected chi connectivity index (χ0v) is 10.4. The van der Waals surface area contributed by atoms with Gasteiger partial charge in [-0.1, -0.05) is 6.92 Å². The van der Waals surface area contributed by atoms with Gasteiger partial charge < -0.3 is 9.73 Å². The van der Waals surface area contributed by atoms with Gasteiger partial charge in [0.2, 0.25) is 5.91 Å². The number of amides is 1. The number of carbonyl (C=O) groups excluding carboxylic acids is 1. The van der Waals surface area contributed by atoms with Gasteiger partial charge in [0.15, 0.2) is 5.82 Å². The standard InChI is InChI=1S/C13H15N3O2/c1-3-10-8-12(16-15-10)14-13(17)7-6-11-5-4-9(2)18-11/h4-8H,3H2,1-2H3,(H2,14,15,16,17)/b7-6+. The van der Waals surface area contributed by atoms with E-state index < -0.39 is 0 Å². The molecule has 0 aliphatic carbocycles. The molecule has 0 aromatic carbocycles. The largest absolute Gasteiger partial charge is 0.462 e. The summed E-state index contributed by atoms with van der Waals surface area (Å²) in [6.45, 7) is 3.87. The van der Waals surface area contributed by atoms with E-state index in [9.17, 15) is 4.79 Å². The average molecular weight is 245 g/mol. The Kier molecular flexibility index (Phi) is 3.62. The lowest BCUT2D eigenvalue weighted by Gasteiger charge is -1.94. The molecule has 0 saturated carbocycles. The third kappa shape index (κ3) is 3.10. The van der Waals surface area contributed by atoms with Gasteiger partial charge in [0.05, 0.1) is 0 Å². The maximum atomic E-state index is 11.6. The predicted molar refractivity (Wildman–Crippen MR) is 69.1 cm³/mol. The number of hydrogen-bond donors (Lipinski definition) is 2. The van der Waals surface area contributed by atoms with Gasteiger partial charge in [-0.15, -0.1) is 0 Å². The van der Waals surface area contributed by atoms with Crippen molar-refractivity contribution in [2.24, 2.45) is 0 Å². The Balaban J connectivity index is 1.94. The van der Waals surface area contributed by atoms with Gasteiger partial charge >= 0.3 is 0 Å². The first-order valence-corrected chi connectivity index (χ1v) is 5.77. The first kappa shape index (κ1) is 12.2. The lowest BCUT2D eigenvalue weighted by molar-refractivity contribution is -0.111. The predicted octanol–water partition coefficient (Wildman–Crippen LogP) is 2.53. The van der Waals surface area contributed by atoms with Crippen molar-refractivity contribution in [3.63, 3.8) is 0 Å². The van der Waals surface area contributed by atoms with Crippen LogP contribution in [-0.4, -0.2) is 16.1 Å². The van der Waals surface area contributed by atoms with Crippen molar-refractivity contribution in [1.82, 2.24) is 10.2 Å². The molecule has 2 rings (SSSR count). The molecule has 18 heavy (non-hydrogen) atoms. The number of aryl methyl sites for hydroxylation is 2. The van der Waals surface area contributed by atoms with Gasteiger partial charge in [0, 0.05) is 17.8 Å². The maximum Gasteiger partial charge on any atom is 0.249 e. The van der Waals surface area contributed by atoms with Crippen molar-refractivity contribution in [3.05, 3.63) is 41.5 Å². The first-order valence-electron chi connectivity index (χ1n) is 5.77. The number of furan rings is 1. The number of nitrogens with zero attached hydrogens (tertiary/aromatic N) is 1. The molecule has 1 amide bonds. The van der Waals surface area contributed by atoms with Crippen LogP contribution in [0, 0.1) is 6.92 Å². The highest BCUT2D eigenvalue weighted by molar-refractivity contribution is 6.01. The summed E-state index contributed by atoms with van der Waals surface area (Å²) >= 11 is 0. The van der Waals surface area contributed by atoms with Crippen LogP contribution in [0.3, 0.4) is 0 Å². The van der Waals surface area contributed by atoms with Gasteiger partial charge in [0.25, 0.3) is 0 Å². The Morgan fingerprint density at radius 1 is 1.56 bits per heavy atom. The van der Waals surface area contributed by atoms with Crippen molar-refractivity contribution >= 4 is 17.8 Å². The van der Waals surface area contributed by atoms with Crippen LogP contribution in [0.5, 0.6) is 0 Å². The Bertz CT molecular complexity index is 566. The Hall–Kier alpha value is -2.30. The molecule has 5 nitrogen and oxygen atoms in total. The van der Waals surface area contributed by atoms with Crippen LogP contribution in [0.25, 0.3) is 6.08 Å². The highest BCUT2D eigenvalue weighted by Crippen LogP contribution is 2.09. The van der Waals surface area contributed by atoms with Crippen molar-refractivity contribution < 1.29 is 9.21 Å². The molecule has 0 radical (unpaired) electrons. The molecule has 0 atom stereocenters. The van der Waals surface area contributed by atoms with E-state index in [2.05, 4.69) is 15.5 Å². The van der Waals surface area contributed by atoms with E-state index in [0.717, 1.165) is 17.9 Å². The van der Waals surface area contributed by atoms with Crippen LogP contribution >= 0.6 is 0 Å². The Morgan fingerprint density at radius 2 is 2.39 bits per heavy atom. The summed E-state index contributed by atoms with van der Waals surface area (Å²) in [5.74, 6) is 1.75. The molecule has 2 aromatic rings. The second-order valence-electron chi connectivity index (χ2n) is 3.90. The molecule has 2 N–H and O–H groups in total. The fourth-order valence-corrected chi connectivity index (χ4v) is 1.48. The van der Waals surface area contributed by atoms with Gasteiger partial charge in [-0.3, -0.25) is 9.89 Å². The zero-order chi connectivity index (χ0) is 13.0.